The molecule has 0 heterocycles. The Bertz CT molecular complexity index is 313. The fourth-order valence-electron chi connectivity index (χ4n) is 1.90. The number of carboxylic acids is 1. The summed E-state index contributed by atoms with van der Waals surface area (Å²) in [5.74, 6) is -2.04. The van der Waals surface area contributed by atoms with Gasteiger partial charge in [-0.05, 0) is 33.6 Å². The van der Waals surface area contributed by atoms with E-state index in [-0.39, 0.29) is 12.9 Å². The Labute approximate surface area is 103 Å². The second-order valence-corrected chi connectivity index (χ2v) is 5.10. The molecule has 1 fully saturated rings. The third-order valence-corrected chi connectivity index (χ3v) is 2.62. The maximum atomic E-state index is 11.8. The van der Waals surface area contributed by atoms with Crippen LogP contribution in [0.15, 0.2) is 0 Å². The van der Waals surface area contributed by atoms with E-state index in [1.54, 1.807) is 13.8 Å². The summed E-state index contributed by atoms with van der Waals surface area (Å²) in [6, 6.07) is -1.27. The Morgan fingerprint density at radius 3 is 2.53 bits per heavy atom. The number of hydrogen-bond donors (Lipinski definition) is 2. The lowest BCUT2D eigenvalue weighted by molar-refractivity contribution is -0.163. The van der Waals surface area contributed by atoms with Gasteiger partial charge in [0.1, 0.15) is 5.60 Å². The summed E-state index contributed by atoms with van der Waals surface area (Å²) < 4.78 is 12.3. The topological polar surface area (TPSA) is 75.6 Å². The van der Waals surface area contributed by atoms with Crippen LogP contribution in [0, 0.1) is 0 Å². The van der Waals surface area contributed by atoms with Gasteiger partial charge in [-0.2, -0.15) is 0 Å². The van der Waals surface area contributed by atoms with Crippen molar-refractivity contribution in [2.24, 2.45) is 0 Å². The lowest BCUT2D eigenvalue weighted by atomic mass is 10.1. The summed E-state index contributed by atoms with van der Waals surface area (Å²) in [5.41, 5.74) is -0.956. The standard InChI is InChI=1S/C12H21NO4/c1-12(2,3)17-11(16)9(10(14)15)13-8-6-4-5-7-8/h8-9,13H,4-7H2,1-3H3,(H,14,15)/i1D. The van der Waals surface area contributed by atoms with Crippen LogP contribution in [0.25, 0.3) is 0 Å². The minimum atomic E-state index is -1.33. The predicted molar refractivity (Wildman–Crippen MR) is 62.7 cm³/mol. The van der Waals surface area contributed by atoms with E-state index in [1.165, 1.54) is 0 Å². The van der Waals surface area contributed by atoms with Crippen molar-refractivity contribution in [2.45, 2.75) is 64.1 Å². The van der Waals surface area contributed by atoms with E-state index >= 15 is 0 Å². The third-order valence-electron chi connectivity index (χ3n) is 2.62. The lowest BCUT2D eigenvalue weighted by Crippen LogP contribution is -2.49. The predicted octanol–water partition coefficient (Wildman–Crippen LogP) is 1.31. The van der Waals surface area contributed by atoms with E-state index in [2.05, 4.69) is 5.32 Å². The summed E-state index contributed by atoms with van der Waals surface area (Å²) in [6.07, 6.45) is 3.88. The molecule has 0 amide bonds. The molecular weight excluding hydrogens is 222 g/mol. The minimum Gasteiger partial charge on any atom is -0.480 e. The lowest BCUT2D eigenvalue weighted by Gasteiger charge is -2.24. The molecule has 0 bridgehead atoms. The van der Waals surface area contributed by atoms with Crippen LogP contribution in [0.3, 0.4) is 0 Å². The molecule has 0 aliphatic heterocycles. The zero-order chi connectivity index (χ0) is 13.8. The van der Waals surface area contributed by atoms with Gasteiger partial charge in [-0.25, -0.2) is 9.59 Å². The molecule has 5 nitrogen and oxygen atoms in total. The van der Waals surface area contributed by atoms with Crippen LogP contribution in [-0.2, 0) is 14.3 Å². The number of carbonyl (C=O) groups is 2. The van der Waals surface area contributed by atoms with Gasteiger partial charge in [0, 0.05) is 7.41 Å². The summed E-state index contributed by atoms with van der Waals surface area (Å²) in [4.78, 5) is 22.9. The Balaban J connectivity index is 2.60. The van der Waals surface area contributed by atoms with Crippen molar-refractivity contribution in [1.29, 1.82) is 0 Å². The highest BCUT2D eigenvalue weighted by molar-refractivity contribution is 5.98. The van der Waals surface area contributed by atoms with Gasteiger partial charge in [-0.15, -0.1) is 0 Å². The Hall–Kier alpha value is -1.10. The Kier molecular flexibility index (Phi) is 3.99. The highest BCUT2D eigenvalue weighted by Gasteiger charge is 2.33. The first-order valence-corrected chi connectivity index (χ1v) is 5.86. The van der Waals surface area contributed by atoms with Crippen LogP contribution < -0.4 is 5.32 Å². The van der Waals surface area contributed by atoms with E-state index in [0.717, 1.165) is 25.7 Å². The first kappa shape index (κ1) is 12.4. The average molecular weight is 244 g/mol. The largest absolute Gasteiger partial charge is 0.480 e. The summed E-state index contributed by atoms with van der Waals surface area (Å²) >= 11 is 0. The maximum absolute atomic E-state index is 11.8. The molecule has 0 spiro atoms. The van der Waals surface area contributed by atoms with Crippen molar-refractivity contribution >= 4 is 11.9 Å². The van der Waals surface area contributed by atoms with Gasteiger partial charge in [0.25, 0.3) is 0 Å². The second kappa shape index (κ2) is 5.49. The fourth-order valence-corrected chi connectivity index (χ4v) is 1.90. The van der Waals surface area contributed by atoms with Gasteiger partial charge in [-0.1, -0.05) is 12.8 Å². The number of rotatable bonds is 4. The molecule has 98 valence electrons. The molecule has 1 atom stereocenters. The molecule has 1 saturated carbocycles. The van der Waals surface area contributed by atoms with Gasteiger partial charge in [0.05, 0.1) is 0 Å². The average Bonchev–Trinajstić information content (AvgIpc) is 2.77. The Morgan fingerprint density at radius 2 is 2.06 bits per heavy atom. The van der Waals surface area contributed by atoms with Crippen molar-refractivity contribution in [3.8, 4) is 0 Å². The fraction of sp³-hybridized carbons (Fsp3) is 0.833. The second-order valence-electron chi connectivity index (χ2n) is 5.10. The number of ether oxygens (including phenoxy) is 1. The van der Waals surface area contributed by atoms with Crippen molar-refractivity contribution in [3.05, 3.63) is 0 Å². The van der Waals surface area contributed by atoms with Crippen LogP contribution in [0.4, 0.5) is 0 Å². The van der Waals surface area contributed by atoms with E-state index in [0.29, 0.717) is 0 Å². The van der Waals surface area contributed by atoms with Crippen LogP contribution >= 0.6 is 0 Å². The zero-order valence-corrected chi connectivity index (χ0v) is 10.4. The van der Waals surface area contributed by atoms with Crippen LogP contribution in [0.5, 0.6) is 0 Å². The molecular formula is C12H21NO4. The molecule has 5 heteroatoms. The Morgan fingerprint density at radius 1 is 1.47 bits per heavy atom. The van der Waals surface area contributed by atoms with Crippen LogP contribution in [-0.4, -0.2) is 34.7 Å². The molecule has 0 aromatic carbocycles. The molecule has 1 aliphatic rings. The van der Waals surface area contributed by atoms with E-state index < -0.39 is 23.6 Å². The molecule has 2 N–H and O–H groups in total. The van der Waals surface area contributed by atoms with E-state index in [9.17, 15) is 9.59 Å². The van der Waals surface area contributed by atoms with E-state index in [4.69, 9.17) is 11.2 Å². The smallest absolute Gasteiger partial charge is 0.335 e. The van der Waals surface area contributed by atoms with Crippen molar-refractivity contribution in [2.75, 3.05) is 0 Å². The zero-order valence-electron chi connectivity index (χ0n) is 11.4. The molecule has 0 aromatic rings. The molecule has 17 heavy (non-hydrogen) atoms. The molecule has 0 radical (unpaired) electrons. The molecule has 0 saturated heterocycles. The van der Waals surface area contributed by atoms with Crippen molar-refractivity contribution in [1.82, 2.24) is 5.32 Å². The number of hydrogen-bond acceptors (Lipinski definition) is 4. The highest BCUT2D eigenvalue weighted by Crippen LogP contribution is 2.19. The highest BCUT2D eigenvalue weighted by atomic mass is 16.6. The summed E-state index contributed by atoms with van der Waals surface area (Å²) in [6.45, 7) is 3.08. The van der Waals surface area contributed by atoms with Crippen molar-refractivity contribution in [3.63, 3.8) is 0 Å². The number of carboxylic acid groups (broad SMARTS) is 1. The number of esters is 1. The molecule has 1 unspecified atom stereocenters. The monoisotopic (exact) mass is 244 g/mol. The third kappa shape index (κ3) is 4.73. The van der Waals surface area contributed by atoms with Gasteiger partial charge in [-0.3, -0.25) is 5.32 Å². The normalized spacial score (nSPS) is 19.8. The minimum absolute atomic E-state index is 0.0674. The van der Waals surface area contributed by atoms with Crippen molar-refractivity contribution < 1.29 is 20.8 Å². The van der Waals surface area contributed by atoms with Crippen LogP contribution in [0.2, 0.25) is 0 Å². The first-order chi connectivity index (χ1) is 8.35. The summed E-state index contributed by atoms with van der Waals surface area (Å²) in [7, 11) is 0. The van der Waals surface area contributed by atoms with Crippen LogP contribution in [0.1, 0.15) is 47.8 Å². The SMILES string of the molecule is [2H]CC(C)(C)OC(=O)C(NC1CCCC1)C(=O)O. The van der Waals surface area contributed by atoms with Gasteiger partial charge < -0.3 is 9.84 Å². The van der Waals surface area contributed by atoms with Gasteiger partial charge >= 0.3 is 11.9 Å². The molecule has 1 aliphatic carbocycles. The molecule has 1 rings (SSSR count). The van der Waals surface area contributed by atoms with Gasteiger partial charge in [0.2, 0.25) is 6.04 Å². The molecule has 0 aromatic heterocycles. The van der Waals surface area contributed by atoms with Gasteiger partial charge in [0.15, 0.2) is 0 Å². The maximum Gasteiger partial charge on any atom is 0.335 e. The number of aliphatic carboxylic acids is 1. The summed E-state index contributed by atoms with van der Waals surface area (Å²) in [5, 5.41) is 11.9. The number of nitrogens with one attached hydrogen (secondary N) is 1. The quantitative estimate of drug-likeness (QED) is 0.576. The first-order valence-electron chi connectivity index (χ1n) is 6.57. The number of carbonyl (C=O) groups excluding carboxylic acids is 1. The van der Waals surface area contributed by atoms with E-state index in [1.807, 2.05) is 0 Å².